The summed E-state index contributed by atoms with van der Waals surface area (Å²) in [5.74, 6) is 0. The van der Waals surface area contributed by atoms with Gasteiger partial charge >= 0.3 is 0 Å². The van der Waals surface area contributed by atoms with E-state index in [1.165, 1.54) is 32.5 Å². The highest BCUT2D eigenvalue weighted by Gasteiger charge is 2.17. The highest BCUT2D eigenvalue weighted by Crippen LogP contribution is 2.08. The van der Waals surface area contributed by atoms with Crippen LogP contribution in [0.25, 0.3) is 0 Å². The molecule has 0 aromatic carbocycles. The summed E-state index contributed by atoms with van der Waals surface area (Å²) in [6, 6.07) is 1.45. The predicted molar refractivity (Wildman–Crippen MR) is 53.4 cm³/mol. The maximum Gasteiger partial charge on any atom is 0.0195 e. The Morgan fingerprint density at radius 2 is 2.25 bits per heavy atom. The zero-order valence-corrected chi connectivity index (χ0v) is 8.64. The average molecular weight is 170 g/mol. The third-order valence-electron chi connectivity index (χ3n) is 2.75. The first-order valence-corrected chi connectivity index (χ1v) is 5.21. The Morgan fingerprint density at radius 3 is 2.67 bits per heavy atom. The van der Waals surface area contributed by atoms with Crippen LogP contribution in [0.5, 0.6) is 0 Å². The second-order valence-electron chi connectivity index (χ2n) is 3.97. The first-order chi connectivity index (χ1) is 5.74. The minimum absolute atomic E-state index is 0.692. The van der Waals surface area contributed by atoms with Crippen molar-refractivity contribution in [3.63, 3.8) is 0 Å². The van der Waals surface area contributed by atoms with Crippen molar-refractivity contribution < 1.29 is 0 Å². The summed E-state index contributed by atoms with van der Waals surface area (Å²) in [5.41, 5.74) is 0. The number of nitrogens with one attached hydrogen (secondary N) is 1. The molecule has 1 atom stereocenters. The van der Waals surface area contributed by atoms with Crippen LogP contribution in [0.15, 0.2) is 0 Å². The summed E-state index contributed by atoms with van der Waals surface area (Å²) in [7, 11) is 0. The minimum Gasteiger partial charge on any atom is -0.313 e. The molecular formula is C10H22N2. The Balaban J connectivity index is 2.26. The quantitative estimate of drug-likeness (QED) is 0.687. The molecule has 1 rings (SSSR count). The molecule has 0 spiro atoms. The molecule has 0 bridgehead atoms. The molecule has 1 N–H and O–H groups in total. The van der Waals surface area contributed by atoms with Crippen LogP contribution in [0.2, 0.25) is 0 Å². The SMILES string of the molecule is CCN(CC1CCCN1)C(C)C. The third-order valence-corrected chi connectivity index (χ3v) is 2.75. The van der Waals surface area contributed by atoms with E-state index in [4.69, 9.17) is 0 Å². The number of hydrogen-bond acceptors (Lipinski definition) is 2. The normalized spacial score (nSPS) is 24.2. The van der Waals surface area contributed by atoms with Crippen LogP contribution in [0.3, 0.4) is 0 Å². The molecule has 1 unspecified atom stereocenters. The molecule has 1 fully saturated rings. The minimum atomic E-state index is 0.692. The molecule has 0 radical (unpaired) electrons. The van der Waals surface area contributed by atoms with Gasteiger partial charge in [-0.1, -0.05) is 6.92 Å². The molecule has 1 saturated heterocycles. The maximum atomic E-state index is 3.53. The van der Waals surface area contributed by atoms with Gasteiger partial charge in [-0.15, -0.1) is 0 Å². The summed E-state index contributed by atoms with van der Waals surface area (Å²) in [6.45, 7) is 10.4. The molecule has 0 aliphatic carbocycles. The van der Waals surface area contributed by atoms with E-state index in [2.05, 4.69) is 31.0 Å². The van der Waals surface area contributed by atoms with Gasteiger partial charge in [0.25, 0.3) is 0 Å². The smallest absolute Gasteiger partial charge is 0.0195 e. The summed E-state index contributed by atoms with van der Waals surface area (Å²) >= 11 is 0. The lowest BCUT2D eigenvalue weighted by Gasteiger charge is -2.27. The first kappa shape index (κ1) is 10.0. The lowest BCUT2D eigenvalue weighted by Crippen LogP contribution is -2.40. The second kappa shape index (κ2) is 4.83. The van der Waals surface area contributed by atoms with Gasteiger partial charge in [0.15, 0.2) is 0 Å². The van der Waals surface area contributed by atoms with Gasteiger partial charge in [0.05, 0.1) is 0 Å². The number of likely N-dealkylation sites (N-methyl/N-ethyl adjacent to an activating group) is 1. The Morgan fingerprint density at radius 1 is 1.50 bits per heavy atom. The van der Waals surface area contributed by atoms with Gasteiger partial charge < -0.3 is 5.32 Å². The van der Waals surface area contributed by atoms with Crippen molar-refractivity contribution in [2.45, 2.75) is 45.7 Å². The van der Waals surface area contributed by atoms with Crippen molar-refractivity contribution in [3.8, 4) is 0 Å². The zero-order chi connectivity index (χ0) is 8.97. The van der Waals surface area contributed by atoms with Gasteiger partial charge in [-0.25, -0.2) is 0 Å². The molecule has 72 valence electrons. The van der Waals surface area contributed by atoms with Crippen LogP contribution in [0, 0.1) is 0 Å². The lowest BCUT2D eigenvalue weighted by molar-refractivity contribution is 0.213. The highest BCUT2D eigenvalue weighted by atomic mass is 15.2. The molecule has 0 aromatic rings. The molecule has 2 nitrogen and oxygen atoms in total. The van der Waals surface area contributed by atoms with Gasteiger partial charge in [0.1, 0.15) is 0 Å². The molecule has 1 aliphatic rings. The van der Waals surface area contributed by atoms with Crippen molar-refractivity contribution in [2.75, 3.05) is 19.6 Å². The Kier molecular flexibility index (Phi) is 4.02. The highest BCUT2D eigenvalue weighted by molar-refractivity contribution is 4.78. The van der Waals surface area contributed by atoms with Gasteiger partial charge in [-0.2, -0.15) is 0 Å². The van der Waals surface area contributed by atoms with E-state index in [9.17, 15) is 0 Å². The molecule has 0 aromatic heterocycles. The van der Waals surface area contributed by atoms with Crippen molar-refractivity contribution in [1.29, 1.82) is 0 Å². The fourth-order valence-electron chi connectivity index (χ4n) is 1.90. The molecule has 0 saturated carbocycles. The fourth-order valence-corrected chi connectivity index (χ4v) is 1.90. The summed E-state index contributed by atoms with van der Waals surface area (Å²) < 4.78 is 0. The van der Waals surface area contributed by atoms with E-state index < -0.39 is 0 Å². The van der Waals surface area contributed by atoms with Crippen LogP contribution in [0.4, 0.5) is 0 Å². The Bertz CT molecular complexity index is 117. The van der Waals surface area contributed by atoms with Crippen LogP contribution >= 0.6 is 0 Å². The van der Waals surface area contributed by atoms with E-state index in [0.29, 0.717) is 6.04 Å². The molecule has 1 heterocycles. The second-order valence-corrected chi connectivity index (χ2v) is 3.97. The predicted octanol–water partition coefficient (Wildman–Crippen LogP) is 1.47. The number of rotatable bonds is 4. The van der Waals surface area contributed by atoms with Crippen LogP contribution in [-0.2, 0) is 0 Å². The third kappa shape index (κ3) is 2.76. The average Bonchev–Trinajstić information content (AvgIpc) is 2.51. The molecule has 0 amide bonds. The van der Waals surface area contributed by atoms with Crippen LogP contribution in [0.1, 0.15) is 33.6 Å². The standard InChI is InChI=1S/C10H22N2/c1-4-12(9(2)3)8-10-6-5-7-11-10/h9-11H,4-8H2,1-3H3. The van der Waals surface area contributed by atoms with Crippen molar-refractivity contribution in [2.24, 2.45) is 0 Å². The topological polar surface area (TPSA) is 15.3 Å². The van der Waals surface area contributed by atoms with Gasteiger partial charge in [0, 0.05) is 18.6 Å². The Labute approximate surface area is 76.3 Å². The molecule has 12 heavy (non-hydrogen) atoms. The van der Waals surface area contributed by atoms with Gasteiger partial charge in [0.2, 0.25) is 0 Å². The molecule has 1 aliphatic heterocycles. The van der Waals surface area contributed by atoms with Gasteiger partial charge in [-0.05, 0) is 39.8 Å². The first-order valence-electron chi connectivity index (χ1n) is 5.21. The Hall–Kier alpha value is -0.0800. The molecular weight excluding hydrogens is 148 g/mol. The zero-order valence-electron chi connectivity index (χ0n) is 8.64. The van der Waals surface area contributed by atoms with E-state index in [-0.39, 0.29) is 0 Å². The monoisotopic (exact) mass is 170 g/mol. The lowest BCUT2D eigenvalue weighted by atomic mass is 10.2. The van der Waals surface area contributed by atoms with E-state index in [1.807, 2.05) is 0 Å². The van der Waals surface area contributed by atoms with Crippen molar-refractivity contribution in [1.82, 2.24) is 10.2 Å². The summed E-state index contributed by atoms with van der Waals surface area (Å²) in [4.78, 5) is 2.53. The maximum absolute atomic E-state index is 3.53. The van der Waals surface area contributed by atoms with Gasteiger partial charge in [-0.3, -0.25) is 4.90 Å². The fraction of sp³-hybridized carbons (Fsp3) is 1.00. The van der Waals surface area contributed by atoms with E-state index >= 15 is 0 Å². The summed E-state index contributed by atoms with van der Waals surface area (Å²) in [6.07, 6.45) is 2.73. The molecule has 2 heteroatoms. The number of hydrogen-bond donors (Lipinski definition) is 1. The van der Waals surface area contributed by atoms with Crippen LogP contribution < -0.4 is 5.32 Å². The van der Waals surface area contributed by atoms with Crippen molar-refractivity contribution in [3.05, 3.63) is 0 Å². The van der Waals surface area contributed by atoms with E-state index in [1.54, 1.807) is 0 Å². The summed E-state index contributed by atoms with van der Waals surface area (Å²) in [5, 5.41) is 3.53. The number of nitrogens with zero attached hydrogens (tertiary/aromatic N) is 1. The van der Waals surface area contributed by atoms with E-state index in [0.717, 1.165) is 6.04 Å². The van der Waals surface area contributed by atoms with Crippen LogP contribution in [-0.4, -0.2) is 36.6 Å². The largest absolute Gasteiger partial charge is 0.313 e. The van der Waals surface area contributed by atoms with Crippen molar-refractivity contribution >= 4 is 0 Å².